The molecule has 33 heavy (non-hydrogen) atoms. The van der Waals surface area contributed by atoms with Crippen LogP contribution in [0.25, 0.3) is 22.3 Å². The maximum atomic E-state index is 14.7. The Balaban J connectivity index is 1.56. The third kappa shape index (κ3) is 3.46. The van der Waals surface area contributed by atoms with Crippen LogP contribution in [0, 0.1) is 11.6 Å². The first-order valence-corrected chi connectivity index (χ1v) is 10.8. The van der Waals surface area contributed by atoms with Gasteiger partial charge in [0.2, 0.25) is 11.7 Å². The fourth-order valence-electron chi connectivity index (χ4n) is 3.79. The van der Waals surface area contributed by atoms with Crippen molar-refractivity contribution in [3.8, 4) is 11.3 Å². The Morgan fingerprint density at radius 3 is 2.76 bits per heavy atom. The van der Waals surface area contributed by atoms with E-state index in [9.17, 15) is 23.2 Å². The zero-order valence-electron chi connectivity index (χ0n) is 16.9. The second-order valence-corrected chi connectivity index (χ2v) is 8.30. The minimum absolute atomic E-state index is 0.0187. The van der Waals surface area contributed by atoms with Crippen LogP contribution in [-0.4, -0.2) is 39.1 Å². The molecule has 0 spiro atoms. The van der Waals surface area contributed by atoms with E-state index in [1.165, 1.54) is 17.5 Å². The predicted molar refractivity (Wildman–Crippen MR) is 117 cm³/mol. The number of primary amides is 1. The fourth-order valence-corrected chi connectivity index (χ4v) is 4.67. The van der Waals surface area contributed by atoms with Crippen LogP contribution in [0.1, 0.15) is 39.1 Å². The molecule has 1 aromatic carbocycles. The third-order valence-corrected chi connectivity index (χ3v) is 6.32. The van der Waals surface area contributed by atoms with Crippen molar-refractivity contribution in [2.24, 2.45) is 5.73 Å². The second kappa shape index (κ2) is 7.85. The molecule has 1 saturated heterocycles. The fraction of sp³-hybridized carbons (Fsp3) is 0.136. The van der Waals surface area contributed by atoms with Gasteiger partial charge in [-0.1, -0.05) is 0 Å². The van der Waals surface area contributed by atoms with Gasteiger partial charge in [0, 0.05) is 47.3 Å². The molecule has 3 aromatic heterocycles. The van der Waals surface area contributed by atoms with Gasteiger partial charge in [0.1, 0.15) is 17.3 Å². The van der Waals surface area contributed by atoms with E-state index in [1.54, 1.807) is 22.5 Å². The number of thiazole rings is 1. The molecule has 3 N–H and O–H groups in total. The number of fused-ring (bicyclic) bond motifs is 1. The molecule has 0 bridgehead atoms. The van der Waals surface area contributed by atoms with E-state index >= 15 is 0 Å². The van der Waals surface area contributed by atoms with Crippen LogP contribution in [0.3, 0.4) is 0 Å². The molecular weight excluding hydrogens is 452 g/mol. The summed E-state index contributed by atoms with van der Waals surface area (Å²) < 4.78 is 29.1. The van der Waals surface area contributed by atoms with Crippen LogP contribution < -0.4 is 10.6 Å². The molecule has 0 unspecified atom stereocenters. The van der Waals surface area contributed by atoms with Crippen molar-refractivity contribution in [1.82, 2.24) is 15.0 Å². The monoisotopic (exact) mass is 467 g/mol. The summed E-state index contributed by atoms with van der Waals surface area (Å²) in [6.07, 6.45) is 4.11. The molecule has 0 saturated carbocycles. The van der Waals surface area contributed by atoms with Crippen molar-refractivity contribution in [3.05, 3.63) is 64.3 Å². The average Bonchev–Trinajstić information content (AvgIpc) is 3.52. The molecule has 0 radical (unpaired) electrons. The molecular formula is C22H15F2N5O3S. The number of hydrogen-bond acceptors (Lipinski definition) is 6. The van der Waals surface area contributed by atoms with E-state index in [0.717, 1.165) is 18.6 Å². The number of nitrogens with zero attached hydrogens (tertiary/aromatic N) is 3. The van der Waals surface area contributed by atoms with Crippen molar-refractivity contribution >= 4 is 45.1 Å². The quantitative estimate of drug-likeness (QED) is 0.436. The Labute approximate surface area is 189 Å². The highest BCUT2D eigenvalue weighted by molar-refractivity contribution is 7.14. The predicted octanol–water partition coefficient (Wildman–Crippen LogP) is 3.42. The Morgan fingerprint density at radius 1 is 1.21 bits per heavy atom. The summed E-state index contributed by atoms with van der Waals surface area (Å²) in [6.45, 7) is 0.612. The van der Waals surface area contributed by atoms with Crippen LogP contribution in [0.15, 0.2) is 36.0 Å². The van der Waals surface area contributed by atoms with Gasteiger partial charge >= 0.3 is 0 Å². The summed E-state index contributed by atoms with van der Waals surface area (Å²) in [7, 11) is 0. The molecule has 0 aliphatic carbocycles. The SMILES string of the molecule is NC(=O)c1ccc(F)c(C(=O)c2c[nH]c3ncc(-c4csc(N5CCCC5=O)n4)cc23)c1F. The molecule has 4 aromatic rings. The summed E-state index contributed by atoms with van der Waals surface area (Å²) in [5, 5.41) is 2.67. The summed E-state index contributed by atoms with van der Waals surface area (Å²) in [4.78, 5) is 49.7. The maximum absolute atomic E-state index is 14.7. The Kier molecular flexibility index (Phi) is 4.97. The number of aromatic nitrogens is 3. The van der Waals surface area contributed by atoms with Gasteiger partial charge in [0.15, 0.2) is 5.13 Å². The molecule has 4 heterocycles. The average molecular weight is 467 g/mol. The van der Waals surface area contributed by atoms with E-state index in [4.69, 9.17) is 5.73 Å². The lowest BCUT2D eigenvalue weighted by Gasteiger charge is -2.10. The number of H-pyrrole nitrogens is 1. The van der Waals surface area contributed by atoms with Crippen LogP contribution in [0.4, 0.5) is 13.9 Å². The zero-order chi connectivity index (χ0) is 23.3. The molecule has 11 heteroatoms. The van der Waals surface area contributed by atoms with Gasteiger partial charge in [0.25, 0.3) is 5.91 Å². The number of aromatic amines is 1. The highest BCUT2D eigenvalue weighted by atomic mass is 32.1. The normalized spacial score (nSPS) is 13.8. The van der Waals surface area contributed by atoms with Gasteiger partial charge in [-0.15, -0.1) is 11.3 Å². The van der Waals surface area contributed by atoms with Crippen molar-refractivity contribution < 1.29 is 23.2 Å². The lowest BCUT2D eigenvalue weighted by atomic mass is 9.99. The van der Waals surface area contributed by atoms with Crippen molar-refractivity contribution in [2.75, 3.05) is 11.4 Å². The number of nitrogens with two attached hydrogens (primary N) is 1. The van der Waals surface area contributed by atoms with Crippen molar-refractivity contribution in [3.63, 3.8) is 0 Å². The van der Waals surface area contributed by atoms with Gasteiger partial charge in [0.05, 0.1) is 16.8 Å². The Morgan fingerprint density at radius 2 is 2.03 bits per heavy atom. The molecule has 2 amide bonds. The van der Waals surface area contributed by atoms with E-state index in [2.05, 4.69) is 15.0 Å². The number of pyridine rings is 1. The van der Waals surface area contributed by atoms with Crippen molar-refractivity contribution in [2.45, 2.75) is 12.8 Å². The van der Waals surface area contributed by atoms with Crippen LogP contribution >= 0.6 is 11.3 Å². The van der Waals surface area contributed by atoms with Gasteiger partial charge in [-0.3, -0.25) is 19.3 Å². The first-order valence-electron chi connectivity index (χ1n) is 9.91. The number of carbonyl (C=O) groups excluding carboxylic acids is 3. The number of nitrogens with one attached hydrogen (secondary N) is 1. The topological polar surface area (TPSA) is 122 Å². The number of rotatable bonds is 5. The molecule has 166 valence electrons. The standard InChI is InChI=1S/C22H15F2N5O3S/c23-14-4-3-11(20(25)32)18(24)17(14)19(31)13-8-27-21-12(13)6-10(7-26-21)15-9-33-22(28-15)29-5-1-2-16(29)30/h3-4,6-9H,1-2,5H2,(H2,25,32)(H,26,27). The number of halogens is 2. The third-order valence-electron chi connectivity index (χ3n) is 5.45. The van der Waals surface area contributed by atoms with E-state index in [1.807, 2.05) is 0 Å². The minimum Gasteiger partial charge on any atom is -0.366 e. The highest BCUT2D eigenvalue weighted by Crippen LogP contribution is 2.32. The lowest BCUT2D eigenvalue weighted by molar-refractivity contribution is -0.117. The number of hydrogen-bond donors (Lipinski definition) is 2. The molecule has 1 fully saturated rings. The molecule has 1 aliphatic rings. The Bertz CT molecular complexity index is 1460. The number of anilines is 1. The lowest BCUT2D eigenvalue weighted by Crippen LogP contribution is -2.23. The summed E-state index contributed by atoms with van der Waals surface area (Å²) in [5.41, 5.74) is 5.10. The largest absolute Gasteiger partial charge is 0.366 e. The molecule has 5 rings (SSSR count). The van der Waals surface area contributed by atoms with Gasteiger partial charge in [-0.25, -0.2) is 18.7 Å². The first-order chi connectivity index (χ1) is 15.8. The maximum Gasteiger partial charge on any atom is 0.251 e. The van der Waals surface area contributed by atoms with Crippen LogP contribution in [-0.2, 0) is 4.79 Å². The second-order valence-electron chi connectivity index (χ2n) is 7.46. The molecule has 1 aliphatic heterocycles. The summed E-state index contributed by atoms with van der Waals surface area (Å²) >= 11 is 1.32. The van der Waals surface area contributed by atoms with E-state index < -0.39 is 34.5 Å². The first kappa shape index (κ1) is 20.9. The zero-order valence-corrected chi connectivity index (χ0v) is 17.7. The van der Waals surface area contributed by atoms with E-state index in [0.29, 0.717) is 40.4 Å². The Hall–Kier alpha value is -3.99. The molecule has 0 atom stereocenters. The minimum atomic E-state index is -1.31. The number of amides is 2. The highest BCUT2D eigenvalue weighted by Gasteiger charge is 2.27. The number of ketones is 1. The summed E-state index contributed by atoms with van der Waals surface area (Å²) in [6, 6.07) is 3.35. The summed E-state index contributed by atoms with van der Waals surface area (Å²) in [5.74, 6) is -4.48. The smallest absolute Gasteiger partial charge is 0.251 e. The van der Waals surface area contributed by atoms with Crippen LogP contribution in [0.2, 0.25) is 0 Å². The van der Waals surface area contributed by atoms with Gasteiger partial charge in [-0.05, 0) is 24.6 Å². The molecule has 8 nitrogen and oxygen atoms in total. The number of carbonyl (C=O) groups is 3. The number of benzene rings is 1. The van der Waals surface area contributed by atoms with Crippen LogP contribution in [0.5, 0.6) is 0 Å². The van der Waals surface area contributed by atoms with Crippen molar-refractivity contribution in [1.29, 1.82) is 0 Å². The van der Waals surface area contributed by atoms with Gasteiger partial charge < -0.3 is 10.7 Å². The van der Waals surface area contributed by atoms with Gasteiger partial charge in [-0.2, -0.15) is 0 Å². The van der Waals surface area contributed by atoms with E-state index in [-0.39, 0.29) is 11.5 Å².